The molecule has 76 valence electrons. The van der Waals surface area contributed by atoms with Crippen LogP contribution >= 0.6 is 0 Å². The predicted molar refractivity (Wildman–Crippen MR) is 52.5 cm³/mol. The SMILES string of the molecule is NC1CCCC1C(=O)Nc1ncc[nH]1. The van der Waals surface area contributed by atoms with Crippen molar-refractivity contribution in [1.82, 2.24) is 9.97 Å². The van der Waals surface area contributed by atoms with Crippen LogP contribution in [0.3, 0.4) is 0 Å². The second-order valence-electron chi connectivity index (χ2n) is 3.63. The average Bonchev–Trinajstić information content (AvgIpc) is 2.75. The van der Waals surface area contributed by atoms with Crippen molar-refractivity contribution in [2.75, 3.05) is 5.32 Å². The maximum Gasteiger partial charge on any atom is 0.231 e. The molecule has 1 aromatic heterocycles. The fraction of sp³-hybridized carbons (Fsp3) is 0.556. The van der Waals surface area contributed by atoms with Gasteiger partial charge in [0, 0.05) is 18.4 Å². The highest BCUT2D eigenvalue weighted by Gasteiger charge is 2.30. The Morgan fingerprint density at radius 3 is 3.07 bits per heavy atom. The molecule has 1 amide bonds. The fourth-order valence-electron chi connectivity index (χ4n) is 1.86. The van der Waals surface area contributed by atoms with E-state index in [1.165, 1.54) is 0 Å². The smallest absolute Gasteiger partial charge is 0.231 e. The number of carbonyl (C=O) groups is 1. The van der Waals surface area contributed by atoms with Crippen molar-refractivity contribution in [2.45, 2.75) is 25.3 Å². The zero-order chi connectivity index (χ0) is 9.97. The molecular formula is C9H14N4O. The zero-order valence-electron chi connectivity index (χ0n) is 7.86. The minimum atomic E-state index is -0.0555. The molecule has 0 saturated heterocycles. The molecule has 1 aliphatic carbocycles. The second kappa shape index (κ2) is 3.79. The molecule has 0 radical (unpaired) electrons. The number of nitrogens with one attached hydrogen (secondary N) is 2. The molecule has 4 N–H and O–H groups in total. The van der Waals surface area contributed by atoms with E-state index in [2.05, 4.69) is 15.3 Å². The molecule has 0 aliphatic heterocycles. The van der Waals surface area contributed by atoms with Crippen molar-refractivity contribution >= 4 is 11.9 Å². The van der Waals surface area contributed by atoms with Gasteiger partial charge >= 0.3 is 0 Å². The van der Waals surface area contributed by atoms with Gasteiger partial charge in [-0.05, 0) is 12.8 Å². The highest BCUT2D eigenvalue weighted by molar-refractivity contribution is 5.91. The Morgan fingerprint density at radius 2 is 2.50 bits per heavy atom. The van der Waals surface area contributed by atoms with Gasteiger partial charge in [0.2, 0.25) is 11.9 Å². The minimum absolute atomic E-state index is 0.00459. The quantitative estimate of drug-likeness (QED) is 0.640. The molecule has 2 unspecified atom stereocenters. The molecule has 1 aromatic rings. The standard InChI is InChI=1S/C9H14N4O/c10-7-3-1-2-6(7)8(14)13-9-11-4-5-12-9/h4-7H,1-3,10H2,(H2,11,12,13,14). The van der Waals surface area contributed by atoms with Crippen LogP contribution in [0.2, 0.25) is 0 Å². The topological polar surface area (TPSA) is 83.8 Å². The van der Waals surface area contributed by atoms with Crippen molar-refractivity contribution in [2.24, 2.45) is 11.7 Å². The van der Waals surface area contributed by atoms with Gasteiger partial charge in [-0.25, -0.2) is 4.98 Å². The maximum absolute atomic E-state index is 11.7. The van der Waals surface area contributed by atoms with Gasteiger partial charge in [0.1, 0.15) is 0 Å². The van der Waals surface area contributed by atoms with E-state index in [-0.39, 0.29) is 17.9 Å². The normalized spacial score (nSPS) is 26.4. The number of hydrogen-bond donors (Lipinski definition) is 3. The number of nitrogens with zero attached hydrogens (tertiary/aromatic N) is 1. The molecule has 0 aromatic carbocycles. The zero-order valence-corrected chi connectivity index (χ0v) is 7.86. The lowest BCUT2D eigenvalue weighted by molar-refractivity contribution is -0.120. The van der Waals surface area contributed by atoms with Gasteiger partial charge in [0.15, 0.2) is 0 Å². The third-order valence-electron chi connectivity index (χ3n) is 2.65. The van der Waals surface area contributed by atoms with Crippen LogP contribution in [0.4, 0.5) is 5.95 Å². The van der Waals surface area contributed by atoms with Crippen LogP contribution in [0.15, 0.2) is 12.4 Å². The van der Waals surface area contributed by atoms with E-state index in [1.54, 1.807) is 12.4 Å². The number of aromatic amines is 1. The van der Waals surface area contributed by atoms with E-state index in [0.717, 1.165) is 19.3 Å². The maximum atomic E-state index is 11.7. The van der Waals surface area contributed by atoms with Crippen LogP contribution < -0.4 is 11.1 Å². The summed E-state index contributed by atoms with van der Waals surface area (Å²) >= 11 is 0. The number of anilines is 1. The molecule has 1 heterocycles. The van der Waals surface area contributed by atoms with Gasteiger partial charge in [-0.3, -0.25) is 10.1 Å². The molecule has 0 bridgehead atoms. The summed E-state index contributed by atoms with van der Waals surface area (Å²) in [5.74, 6) is 0.416. The number of nitrogens with two attached hydrogens (primary N) is 1. The van der Waals surface area contributed by atoms with E-state index in [0.29, 0.717) is 5.95 Å². The third kappa shape index (κ3) is 1.77. The van der Waals surface area contributed by atoms with Gasteiger partial charge in [0.25, 0.3) is 0 Å². The van der Waals surface area contributed by atoms with Crippen LogP contribution in [-0.2, 0) is 4.79 Å². The van der Waals surface area contributed by atoms with E-state index >= 15 is 0 Å². The molecule has 5 nitrogen and oxygen atoms in total. The van der Waals surface area contributed by atoms with Crippen LogP contribution in [0.5, 0.6) is 0 Å². The summed E-state index contributed by atoms with van der Waals surface area (Å²) < 4.78 is 0. The van der Waals surface area contributed by atoms with E-state index in [1.807, 2.05) is 0 Å². The summed E-state index contributed by atoms with van der Waals surface area (Å²) in [6, 6.07) is 0.00459. The van der Waals surface area contributed by atoms with Gasteiger partial charge in [-0.1, -0.05) is 6.42 Å². The Morgan fingerprint density at radius 1 is 1.64 bits per heavy atom. The van der Waals surface area contributed by atoms with Gasteiger partial charge < -0.3 is 10.7 Å². The number of rotatable bonds is 2. The summed E-state index contributed by atoms with van der Waals surface area (Å²) in [4.78, 5) is 18.4. The second-order valence-corrected chi connectivity index (χ2v) is 3.63. The molecule has 1 fully saturated rings. The summed E-state index contributed by atoms with van der Waals surface area (Å²) in [7, 11) is 0. The summed E-state index contributed by atoms with van der Waals surface area (Å²) in [6.07, 6.45) is 6.13. The molecule has 1 aliphatic rings. The number of H-pyrrole nitrogens is 1. The first-order valence-electron chi connectivity index (χ1n) is 4.83. The first-order chi connectivity index (χ1) is 6.77. The lowest BCUT2D eigenvalue weighted by Crippen LogP contribution is -2.34. The number of carbonyl (C=O) groups excluding carboxylic acids is 1. The molecule has 2 atom stereocenters. The van der Waals surface area contributed by atoms with Gasteiger partial charge in [-0.15, -0.1) is 0 Å². The lowest BCUT2D eigenvalue weighted by Gasteiger charge is -2.13. The Balaban J connectivity index is 1.95. The molecule has 14 heavy (non-hydrogen) atoms. The summed E-state index contributed by atoms with van der Waals surface area (Å²) in [5.41, 5.74) is 5.82. The van der Waals surface area contributed by atoms with Gasteiger partial charge in [-0.2, -0.15) is 0 Å². The molecule has 0 spiro atoms. The predicted octanol–water partition coefficient (Wildman–Crippen LogP) is 0.476. The van der Waals surface area contributed by atoms with Crippen LogP contribution in [0.25, 0.3) is 0 Å². The first-order valence-corrected chi connectivity index (χ1v) is 4.83. The Labute approximate surface area is 82.1 Å². The van der Waals surface area contributed by atoms with Crippen molar-refractivity contribution in [3.8, 4) is 0 Å². The van der Waals surface area contributed by atoms with E-state index in [9.17, 15) is 4.79 Å². The highest BCUT2D eigenvalue weighted by Crippen LogP contribution is 2.24. The van der Waals surface area contributed by atoms with Crippen LogP contribution in [-0.4, -0.2) is 21.9 Å². The number of amides is 1. The van der Waals surface area contributed by atoms with E-state index < -0.39 is 0 Å². The minimum Gasteiger partial charge on any atom is -0.331 e. The van der Waals surface area contributed by atoms with Crippen LogP contribution in [0.1, 0.15) is 19.3 Å². The molecule has 1 saturated carbocycles. The average molecular weight is 194 g/mol. The Hall–Kier alpha value is -1.36. The first kappa shape index (κ1) is 9.21. The Bertz CT molecular complexity index is 309. The number of aromatic nitrogens is 2. The van der Waals surface area contributed by atoms with Crippen molar-refractivity contribution in [3.63, 3.8) is 0 Å². The number of hydrogen-bond acceptors (Lipinski definition) is 3. The monoisotopic (exact) mass is 194 g/mol. The fourth-order valence-corrected chi connectivity index (χ4v) is 1.86. The summed E-state index contributed by atoms with van der Waals surface area (Å²) in [6.45, 7) is 0. The van der Waals surface area contributed by atoms with E-state index in [4.69, 9.17) is 5.73 Å². The lowest BCUT2D eigenvalue weighted by atomic mass is 10.0. The number of imidazole rings is 1. The van der Waals surface area contributed by atoms with Crippen molar-refractivity contribution in [1.29, 1.82) is 0 Å². The molecule has 2 rings (SSSR count). The van der Waals surface area contributed by atoms with Crippen molar-refractivity contribution < 1.29 is 4.79 Å². The van der Waals surface area contributed by atoms with Crippen molar-refractivity contribution in [3.05, 3.63) is 12.4 Å². The molecule has 5 heteroatoms. The van der Waals surface area contributed by atoms with Gasteiger partial charge in [0.05, 0.1) is 5.92 Å². The van der Waals surface area contributed by atoms with Crippen LogP contribution in [0, 0.1) is 5.92 Å². The summed E-state index contributed by atoms with van der Waals surface area (Å²) in [5, 5.41) is 2.71. The largest absolute Gasteiger partial charge is 0.331 e. The molecular weight excluding hydrogens is 180 g/mol. The third-order valence-corrected chi connectivity index (χ3v) is 2.65. The highest BCUT2D eigenvalue weighted by atomic mass is 16.2. The Kier molecular flexibility index (Phi) is 2.49.